The van der Waals surface area contributed by atoms with Crippen LogP contribution < -0.4 is 5.32 Å². The van der Waals surface area contributed by atoms with E-state index in [0.29, 0.717) is 0 Å². The quantitative estimate of drug-likeness (QED) is 0.561. The number of benzene rings is 1. The monoisotopic (exact) mass is 267 g/mol. The molecule has 0 aliphatic carbocycles. The topological polar surface area (TPSA) is 32.3 Å². The zero-order valence-electron chi connectivity index (χ0n) is 11.7. The largest absolute Gasteiger partial charge is 0.396 e. The van der Waals surface area contributed by atoms with Crippen LogP contribution in [0.5, 0.6) is 0 Å². The fourth-order valence-corrected chi connectivity index (χ4v) is 2.30. The molecule has 1 aromatic rings. The Morgan fingerprint density at radius 3 is 2.44 bits per heavy atom. The maximum absolute atomic E-state index is 9.15. The van der Waals surface area contributed by atoms with E-state index in [1.807, 2.05) is 11.8 Å². The summed E-state index contributed by atoms with van der Waals surface area (Å²) < 4.78 is 0. The molecular weight excluding hydrogens is 242 g/mol. The van der Waals surface area contributed by atoms with Gasteiger partial charge in [0.25, 0.3) is 0 Å². The fraction of sp³-hybridized carbons (Fsp3) is 0.600. The van der Waals surface area contributed by atoms with Gasteiger partial charge in [-0.15, -0.1) is 11.8 Å². The summed E-state index contributed by atoms with van der Waals surface area (Å²) in [7, 11) is 0. The highest BCUT2D eigenvalue weighted by Crippen LogP contribution is 2.17. The minimum Gasteiger partial charge on any atom is -0.396 e. The summed E-state index contributed by atoms with van der Waals surface area (Å²) in [6.07, 6.45) is 1.04. The normalized spacial score (nSPS) is 11.8. The van der Waals surface area contributed by atoms with Crippen molar-refractivity contribution in [1.82, 2.24) is 5.32 Å². The van der Waals surface area contributed by atoms with Crippen molar-refractivity contribution in [3.8, 4) is 0 Å². The molecule has 1 aromatic carbocycles. The number of thioether (sulfide) groups is 1. The molecule has 0 spiro atoms. The van der Waals surface area contributed by atoms with E-state index < -0.39 is 0 Å². The smallest absolute Gasteiger partial charge is 0.0494 e. The molecule has 2 N–H and O–H groups in total. The molecule has 0 atom stereocenters. The number of rotatable bonds is 8. The van der Waals surface area contributed by atoms with Crippen molar-refractivity contribution in [2.24, 2.45) is 5.41 Å². The van der Waals surface area contributed by atoms with Crippen molar-refractivity contribution in [2.45, 2.75) is 32.1 Å². The maximum atomic E-state index is 9.15. The van der Waals surface area contributed by atoms with E-state index in [1.54, 1.807) is 0 Å². The highest BCUT2D eigenvalue weighted by Gasteiger charge is 2.14. The van der Waals surface area contributed by atoms with Crippen LogP contribution in [0.4, 0.5) is 0 Å². The third kappa shape index (κ3) is 5.89. The molecule has 0 unspecified atom stereocenters. The van der Waals surface area contributed by atoms with Gasteiger partial charge < -0.3 is 10.4 Å². The Labute approximate surface area is 115 Å². The lowest BCUT2D eigenvalue weighted by Gasteiger charge is -2.21. The zero-order chi connectivity index (χ0) is 13.4. The number of nitrogens with one attached hydrogen (secondary N) is 1. The van der Waals surface area contributed by atoms with Crippen LogP contribution in [0.3, 0.4) is 0 Å². The van der Waals surface area contributed by atoms with Crippen molar-refractivity contribution < 1.29 is 5.11 Å². The van der Waals surface area contributed by atoms with Crippen LogP contribution in [0.15, 0.2) is 29.2 Å². The maximum Gasteiger partial charge on any atom is 0.0494 e. The molecule has 3 heteroatoms. The predicted octanol–water partition coefficient (Wildman–Crippen LogP) is 2.95. The predicted molar refractivity (Wildman–Crippen MR) is 80.3 cm³/mol. The lowest BCUT2D eigenvalue weighted by molar-refractivity contribution is 0.157. The van der Waals surface area contributed by atoms with Crippen LogP contribution in [-0.2, 0) is 6.42 Å². The summed E-state index contributed by atoms with van der Waals surface area (Å²) in [6.45, 7) is 8.35. The third-order valence-corrected chi connectivity index (χ3v) is 3.75. The Balaban J connectivity index is 2.27. The van der Waals surface area contributed by atoms with E-state index in [1.165, 1.54) is 10.5 Å². The molecule has 0 radical (unpaired) electrons. The molecule has 0 heterocycles. The van der Waals surface area contributed by atoms with Gasteiger partial charge in [0.05, 0.1) is 0 Å². The van der Waals surface area contributed by atoms with Crippen LogP contribution >= 0.6 is 11.8 Å². The Kier molecular flexibility index (Phi) is 6.76. The Morgan fingerprint density at radius 2 is 1.89 bits per heavy atom. The molecule has 0 aliphatic rings. The van der Waals surface area contributed by atoms with Crippen molar-refractivity contribution in [2.75, 3.05) is 25.4 Å². The van der Waals surface area contributed by atoms with E-state index in [2.05, 4.69) is 50.4 Å². The Morgan fingerprint density at radius 1 is 1.22 bits per heavy atom. The molecule has 2 nitrogen and oxygen atoms in total. The van der Waals surface area contributed by atoms with Gasteiger partial charge in [-0.25, -0.2) is 0 Å². The highest BCUT2D eigenvalue weighted by molar-refractivity contribution is 7.99. The summed E-state index contributed by atoms with van der Waals surface area (Å²) in [5.41, 5.74) is 1.34. The zero-order valence-corrected chi connectivity index (χ0v) is 12.5. The Bertz CT molecular complexity index is 335. The van der Waals surface area contributed by atoms with Crippen LogP contribution in [0.2, 0.25) is 0 Å². The average molecular weight is 267 g/mol. The lowest BCUT2D eigenvalue weighted by atomic mass is 9.95. The number of aliphatic hydroxyl groups is 1. The van der Waals surface area contributed by atoms with Crippen LogP contribution in [0.1, 0.15) is 26.3 Å². The van der Waals surface area contributed by atoms with Gasteiger partial charge in [-0.2, -0.15) is 0 Å². The molecule has 0 aliphatic heterocycles. The average Bonchev–Trinajstić information content (AvgIpc) is 2.37. The van der Waals surface area contributed by atoms with Crippen molar-refractivity contribution in [1.29, 1.82) is 0 Å². The highest BCUT2D eigenvalue weighted by atomic mass is 32.2. The molecule has 0 saturated carbocycles. The fourth-order valence-electron chi connectivity index (χ4n) is 1.63. The second kappa shape index (κ2) is 7.82. The minimum atomic E-state index is -0.0262. The molecule has 1 rings (SSSR count). The van der Waals surface area contributed by atoms with Crippen molar-refractivity contribution in [3.05, 3.63) is 29.8 Å². The van der Waals surface area contributed by atoms with Gasteiger partial charge >= 0.3 is 0 Å². The molecule has 0 aromatic heterocycles. The van der Waals surface area contributed by atoms with Crippen LogP contribution in [-0.4, -0.2) is 30.6 Å². The van der Waals surface area contributed by atoms with E-state index >= 15 is 0 Å². The molecule has 18 heavy (non-hydrogen) atoms. The third-order valence-electron chi connectivity index (χ3n) is 2.86. The van der Waals surface area contributed by atoms with E-state index in [0.717, 1.165) is 25.3 Å². The lowest BCUT2D eigenvalue weighted by Crippen LogP contribution is -2.33. The number of hydrogen-bond acceptors (Lipinski definition) is 3. The van der Waals surface area contributed by atoms with E-state index in [9.17, 15) is 0 Å². The SMILES string of the molecule is CCSc1ccc(CCNCC(C)(C)CO)cc1. The summed E-state index contributed by atoms with van der Waals surface area (Å²) in [5.74, 6) is 1.12. The minimum absolute atomic E-state index is 0.0262. The number of aliphatic hydroxyl groups excluding tert-OH is 1. The van der Waals surface area contributed by atoms with E-state index in [-0.39, 0.29) is 12.0 Å². The summed E-state index contributed by atoms with van der Waals surface area (Å²) in [6, 6.07) is 8.80. The molecular formula is C15H25NOS. The van der Waals surface area contributed by atoms with Gasteiger partial charge in [0.15, 0.2) is 0 Å². The second-order valence-corrected chi connectivity index (χ2v) is 6.66. The Hall–Kier alpha value is -0.510. The van der Waals surface area contributed by atoms with Crippen LogP contribution in [0.25, 0.3) is 0 Å². The standard InChI is InChI=1S/C15H25NOS/c1-4-18-14-7-5-13(6-8-14)9-10-16-11-15(2,3)12-17/h5-8,16-17H,4,9-12H2,1-3H3. The van der Waals surface area contributed by atoms with Gasteiger partial charge in [-0.1, -0.05) is 32.9 Å². The van der Waals surface area contributed by atoms with Gasteiger partial charge in [0.2, 0.25) is 0 Å². The molecule has 102 valence electrons. The van der Waals surface area contributed by atoms with Gasteiger partial charge in [-0.3, -0.25) is 0 Å². The first-order valence-corrected chi connectivity index (χ1v) is 7.59. The first kappa shape index (κ1) is 15.5. The van der Waals surface area contributed by atoms with Crippen LogP contribution in [0, 0.1) is 5.41 Å². The number of hydrogen-bond donors (Lipinski definition) is 2. The molecule has 0 amide bonds. The van der Waals surface area contributed by atoms with Gasteiger partial charge in [0.1, 0.15) is 0 Å². The van der Waals surface area contributed by atoms with Gasteiger partial charge in [-0.05, 0) is 36.4 Å². The van der Waals surface area contributed by atoms with E-state index in [4.69, 9.17) is 5.11 Å². The van der Waals surface area contributed by atoms with Crippen molar-refractivity contribution in [3.63, 3.8) is 0 Å². The summed E-state index contributed by atoms with van der Waals surface area (Å²) in [4.78, 5) is 1.34. The van der Waals surface area contributed by atoms with Gasteiger partial charge in [0, 0.05) is 23.5 Å². The molecule has 0 saturated heterocycles. The second-order valence-electron chi connectivity index (χ2n) is 5.33. The first-order chi connectivity index (χ1) is 8.57. The summed E-state index contributed by atoms with van der Waals surface area (Å²) in [5, 5.41) is 12.5. The summed E-state index contributed by atoms with van der Waals surface area (Å²) >= 11 is 1.88. The van der Waals surface area contributed by atoms with Crippen molar-refractivity contribution >= 4 is 11.8 Å². The molecule has 0 fully saturated rings. The first-order valence-electron chi connectivity index (χ1n) is 6.61. The molecule has 0 bridgehead atoms.